The molecule has 8 heteroatoms. The van der Waals surface area contributed by atoms with Gasteiger partial charge in [-0.25, -0.2) is 4.98 Å². The maximum atomic E-state index is 13.3. The third-order valence-electron chi connectivity index (χ3n) is 6.57. The van der Waals surface area contributed by atoms with Crippen molar-refractivity contribution in [2.24, 2.45) is 12.8 Å². The van der Waals surface area contributed by atoms with Gasteiger partial charge in [-0.05, 0) is 44.0 Å². The number of likely N-dealkylation sites (tertiary alicyclic amines) is 1. The van der Waals surface area contributed by atoms with Crippen molar-refractivity contribution in [1.29, 1.82) is 5.26 Å². The van der Waals surface area contributed by atoms with Gasteiger partial charge in [0.05, 0.1) is 11.2 Å². The molecule has 8 nitrogen and oxygen atoms in total. The summed E-state index contributed by atoms with van der Waals surface area (Å²) >= 11 is 0. The lowest BCUT2D eigenvalue weighted by Crippen LogP contribution is -2.45. The molecular weight excluding hydrogens is 428 g/mol. The van der Waals surface area contributed by atoms with Crippen molar-refractivity contribution in [3.8, 4) is 23.3 Å². The van der Waals surface area contributed by atoms with E-state index in [1.54, 1.807) is 11.0 Å². The number of benzene rings is 2. The molecule has 2 aromatic heterocycles. The molecule has 5 rings (SSSR count). The second-order valence-electron chi connectivity index (χ2n) is 8.77. The van der Waals surface area contributed by atoms with Gasteiger partial charge in [0.2, 0.25) is 0 Å². The molecule has 1 aliphatic rings. The van der Waals surface area contributed by atoms with Gasteiger partial charge in [-0.3, -0.25) is 4.79 Å². The fourth-order valence-corrected chi connectivity index (χ4v) is 5.00. The number of hydrogen-bond acceptors (Lipinski definition) is 5. The SMILES string of the molecule is CCn1c(-c2nc3cc(C(=O)N4CCCC(N)C4)cc(OCC#N)c3n2C)cc2ccccc21. The molecule has 2 N–H and O–H groups in total. The number of aryl methyl sites for hydroxylation is 2. The molecule has 174 valence electrons. The van der Waals surface area contributed by atoms with Crippen molar-refractivity contribution in [3.05, 3.63) is 48.0 Å². The van der Waals surface area contributed by atoms with Crippen molar-refractivity contribution in [1.82, 2.24) is 19.0 Å². The van der Waals surface area contributed by atoms with Crippen LogP contribution in [0.3, 0.4) is 0 Å². The van der Waals surface area contributed by atoms with Crippen LogP contribution in [0.1, 0.15) is 30.1 Å². The predicted octanol–water partition coefficient (Wildman–Crippen LogP) is 3.68. The minimum Gasteiger partial charge on any atom is -0.476 e. The number of amides is 1. The highest BCUT2D eigenvalue weighted by Gasteiger charge is 2.25. The fourth-order valence-electron chi connectivity index (χ4n) is 5.00. The van der Waals surface area contributed by atoms with Crippen LogP contribution in [0.5, 0.6) is 5.75 Å². The first-order valence-electron chi connectivity index (χ1n) is 11.7. The van der Waals surface area contributed by atoms with Gasteiger partial charge in [0.25, 0.3) is 5.91 Å². The topological polar surface area (TPSA) is 102 Å². The van der Waals surface area contributed by atoms with Crippen LogP contribution >= 0.6 is 0 Å². The van der Waals surface area contributed by atoms with E-state index in [1.165, 1.54) is 0 Å². The van der Waals surface area contributed by atoms with Crippen LogP contribution in [0.15, 0.2) is 42.5 Å². The number of piperidine rings is 1. The van der Waals surface area contributed by atoms with Gasteiger partial charge < -0.3 is 24.5 Å². The predicted molar refractivity (Wildman–Crippen MR) is 132 cm³/mol. The Kier molecular flexibility index (Phi) is 5.72. The van der Waals surface area contributed by atoms with Crippen molar-refractivity contribution in [2.45, 2.75) is 32.4 Å². The number of para-hydroxylation sites is 1. The van der Waals surface area contributed by atoms with Gasteiger partial charge in [0.1, 0.15) is 17.3 Å². The number of carbonyl (C=O) groups is 1. The summed E-state index contributed by atoms with van der Waals surface area (Å²) < 4.78 is 10.00. The van der Waals surface area contributed by atoms with Crippen LogP contribution in [0.25, 0.3) is 33.5 Å². The van der Waals surface area contributed by atoms with E-state index in [-0.39, 0.29) is 18.6 Å². The van der Waals surface area contributed by atoms with Crippen LogP contribution in [-0.4, -0.2) is 50.7 Å². The summed E-state index contributed by atoms with van der Waals surface area (Å²) in [6.45, 7) is 4.01. The molecule has 1 fully saturated rings. The van der Waals surface area contributed by atoms with E-state index < -0.39 is 0 Å². The summed E-state index contributed by atoms with van der Waals surface area (Å²) in [5.74, 6) is 1.16. The van der Waals surface area contributed by atoms with Gasteiger partial charge in [0.15, 0.2) is 12.4 Å². The monoisotopic (exact) mass is 456 g/mol. The molecule has 1 amide bonds. The third kappa shape index (κ3) is 3.68. The number of nitrogens with two attached hydrogens (primary N) is 1. The van der Waals surface area contributed by atoms with Crippen molar-refractivity contribution >= 4 is 27.8 Å². The standard InChI is InChI=1S/C26H28N6O2/c1-3-32-21-9-5-4-7-17(21)14-22(32)25-29-20-13-18(26(33)31-11-6-8-19(28)16-31)15-23(34-12-10-27)24(20)30(25)2/h4-5,7,9,13-15,19H,3,6,8,11-12,16,28H2,1-2H3. The summed E-state index contributed by atoms with van der Waals surface area (Å²) in [7, 11) is 1.94. The Morgan fingerprint density at radius 2 is 2.12 bits per heavy atom. The molecule has 3 heterocycles. The number of nitrogens with zero attached hydrogens (tertiary/aromatic N) is 5. The van der Waals surface area contributed by atoms with E-state index in [0.29, 0.717) is 29.9 Å². The number of fused-ring (bicyclic) bond motifs is 2. The zero-order valence-electron chi connectivity index (χ0n) is 19.5. The van der Waals surface area contributed by atoms with E-state index >= 15 is 0 Å². The van der Waals surface area contributed by atoms with Crippen LogP contribution in [0.2, 0.25) is 0 Å². The average molecular weight is 457 g/mol. The fraction of sp³-hybridized carbons (Fsp3) is 0.346. The number of imidazole rings is 1. The second kappa shape index (κ2) is 8.84. The van der Waals surface area contributed by atoms with E-state index in [2.05, 4.69) is 29.7 Å². The molecule has 1 atom stereocenters. The van der Waals surface area contributed by atoms with E-state index in [4.69, 9.17) is 20.7 Å². The number of nitriles is 1. The van der Waals surface area contributed by atoms with Gasteiger partial charge in [-0.2, -0.15) is 5.26 Å². The highest BCUT2D eigenvalue weighted by atomic mass is 16.5. The van der Waals surface area contributed by atoms with Gasteiger partial charge >= 0.3 is 0 Å². The molecule has 0 spiro atoms. The first-order valence-corrected chi connectivity index (χ1v) is 11.7. The first-order chi connectivity index (χ1) is 16.5. The van der Waals surface area contributed by atoms with Crippen LogP contribution < -0.4 is 10.5 Å². The molecule has 0 bridgehead atoms. The lowest BCUT2D eigenvalue weighted by Gasteiger charge is -2.30. The Labute approximate surface area is 198 Å². The Balaban J connectivity index is 1.66. The molecule has 1 saturated heterocycles. The summed E-state index contributed by atoms with van der Waals surface area (Å²) in [4.78, 5) is 20.0. The minimum absolute atomic E-state index is 0.00634. The smallest absolute Gasteiger partial charge is 0.254 e. The Bertz CT molecular complexity index is 1430. The lowest BCUT2D eigenvalue weighted by atomic mass is 10.0. The molecular formula is C26H28N6O2. The molecule has 34 heavy (non-hydrogen) atoms. The maximum Gasteiger partial charge on any atom is 0.254 e. The number of hydrogen-bond donors (Lipinski definition) is 1. The molecule has 0 aliphatic carbocycles. The zero-order chi connectivity index (χ0) is 23.8. The first kappa shape index (κ1) is 22.0. The second-order valence-corrected chi connectivity index (χ2v) is 8.77. The minimum atomic E-state index is -0.114. The number of ether oxygens (including phenoxy) is 1. The third-order valence-corrected chi connectivity index (χ3v) is 6.57. The van der Waals surface area contributed by atoms with Crippen molar-refractivity contribution in [3.63, 3.8) is 0 Å². The van der Waals surface area contributed by atoms with E-state index in [1.807, 2.05) is 35.9 Å². The van der Waals surface area contributed by atoms with Crippen LogP contribution in [0, 0.1) is 11.3 Å². The lowest BCUT2D eigenvalue weighted by molar-refractivity contribution is 0.0708. The summed E-state index contributed by atoms with van der Waals surface area (Å²) in [5, 5.41) is 10.3. The normalized spacial score (nSPS) is 16.2. The Morgan fingerprint density at radius 1 is 1.29 bits per heavy atom. The number of rotatable bonds is 5. The number of carbonyl (C=O) groups excluding carboxylic acids is 1. The van der Waals surface area contributed by atoms with Gasteiger partial charge in [0, 0.05) is 49.2 Å². The quantitative estimate of drug-likeness (QED) is 0.494. The molecule has 4 aromatic rings. The van der Waals surface area contributed by atoms with Gasteiger partial charge in [-0.1, -0.05) is 18.2 Å². The van der Waals surface area contributed by atoms with Gasteiger partial charge in [-0.15, -0.1) is 0 Å². The van der Waals surface area contributed by atoms with E-state index in [9.17, 15) is 4.79 Å². The highest BCUT2D eigenvalue weighted by Crippen LogP contribution is 2.34. The molecule has 1 unspecified atom stereocenters. The molecule has 0 saturated carbocycles. The summed E-state index contributed by atoms with van der Waals surface area (Å²) in [6.07, 6.45) is 1.82. The largest absolute Gasteiger partial charge is 0.476 e. The molecule has 0 radical (unpaired) electrons. The Hall–Kier alpha value is -3.83. The average Bonchev–Trinajstić information content (AvgIpc) is 3.39. The highest BCUT2D eigenvalue weighted by molar-refractivity contribution is 6.00. The Morgan fingerprint density at radius 3 is 2.88 bits per heavy atom. The molecule has 2 aromatic carbocycles. The van der Waals surface area contributed by atoms with Crippen molar-refractivity contribution in [2.75, 3.05) is 19.7 Å². The summed E-state index contributed by atoms with van der Waals surface area (Å²) in [5.41, 5.74) is 10.1. The number of aromatic nitrogens is 3. The zero-order valence-corrected chi connectivity index (χ0v) is 19.5. The van der Waals surface area contributed by atoms with Crippen molar-refractivity contribution < 1.29 is 9.53 Å². The maximum absolute atomic E-state index is 13.3. The summed E-state index contributed by atoms with van der Waals surface area (Å²) in [6, 6.07) is 16.0. The van der Waals surface area contributed by atoms with Crippen LogP contribution in [0.4, 0.5) is 0 Å². The van der Waals surface area contributed by atoms with Crippen LogP contribution in [-0.2, 0) is 13.6 Å². The molecule has 1 aliphatic heterocycles. The van der Waals surface area contributed by atoms with E-state index in [0.717, 1.165) is 47.3 Å².